The first-order valence-corrected chi connectivity index (χ1v) is 6.29. The fourth-order valence-electron chi connectivity index (χ4n) is 1.96. The molecule has 22 heavy (non-hydrogen) atoms. The summed E-state index contributed by atoms with van der Waals surface area (Å²) in [6, 6.07) is 5.22. The molecule has 3 rings (SSSR count). The standard InChI is InChI=1S/C15H10FN3O3/c16-10-2-4-13(20)9(7-10)1-3-11-5-6-19-14(18-11)12(8-17-19)15(21)22/h1-8,20H,(H,21,22)/b3-1+. The zero-order valence-electron chi connectivity index (χ0n) is 11.1. The number of carbonyl (C=O) groups is 1. The van der Waals surface area contributed by atoms with E-state index in [4.69, 9.17) is 5.11 Å². The van der Waals surface area contributed by atoms with Crippen molar-refractivity contribution in [3.05, 3.63) is 59.3 Å². The van der Waals surface area contributed by atoms with Crippen molar-refractivity contribution < 1.29 is 19.4 Å². The molecule has 0 atom stereocenters. The van der Waals surface area contributed by atoms with Crippen LogP contribution >= 0.6 is 0 Å². The molecule has 0 bridgehead atoms. The largest absolute Gasteiger partial charge is 0.507 e. The number of nitrogens with zero attached hydrogens (tertiary/aromatic N) is 3. The van der Waals surface area contributed by atoms with E-state index in [0.29, 0.717) is 11.3 Å². The highest BCUT2D eigenvalue weighted by molar-refractivity contribution is 5.94. The first kappa shape index (κ1) is 13.7. The molecule has 0 saturated heterocycles. The van der Waals surface area contributed by atoms with Crippen LogP contribution in [-0.4, -0.2) is 30.8 Å². The maximum absolute atomic E-state index is 13.1. The van der Waals surface area contributed by atoms with Crippen LogP contribution in [0.1, 0.15) is 21.6 Å². The number of fused-ring (bicyclic) bond motifs is 1. The van der Waals surface area contributed by atoms with E-state index in [0.717, 1.165) is 6.07 Å². The zero-order valence-corrected chi connectivity index (χ0v) is 11.1. The molecule has 110 valence electrons. The van der Waals surface area contributed by atoms with Crippen LogP contribution in [0.4, 0.5) is 4.39 Å². The van der Waals surface area contributed by atoms with Crippen molar-refractivity contribution in [2.45, 2.75) is 0 Å². The summed E-state index contributed by atoms with van der Waals surface area (Å²) < 4.78 is 14.5. The lowest BCUT2D eigenvalue weighted by molar-refractivity contribution is 0.0698. The first-order chi connectivity index (χ1) is 10.5. The van der Waals surface area contributed by atoms with Crippen molar-refractivity contribution in [3.8, 4) is 5.75 Å². The minimum absolute atomic E-state index is 0.0103. The van der Waals surface area contributed by atoms with Gasteiger partial charge in [-0.05, 0) is 36.4 Å². The second-order valence-corrected chi connectivity index (χ2v) is 4.52. The molecule has 0 spiro atoms. The van der Waals surface area contributed by atoms with Crippen LogP contribution in [0.3, 0.4) is 0 Å². The predicted octanol–water partition coefficient (Wildman–Crippen LogP) is 2.44. The van der Waals surface area contributed by atoms with Crippen molar-refractivity contribution in [2.75, 3.05) is 0 Å². The van der Waals surface area contributed by atoms with Gasteiger partial charge in [0.25, 0.3) is 0 Å². The monoisotopic (exact) mass is 299 g/mol. The molecule has 0 saturated carbocycles. The number of phenols is 1. The molecular formula is C15H10FN3O3. The Morgan fingerprint density at radius 1 is 1.27 bits per heavy atom. The van der Waals surface area contributed by atoms with Gasteiger partial charge in [-0.2, -0.15) is 5.10 Å². The number of hydrogen-bond acceptors (Lipinski definition) is 4. The van der Waals surface area contributed by atoms with Crippen molar-refractivity contribution in [3.63, 3.8) is 0 Å². The molecule has 6 nitrogen and oxygen atoms in total. The molecule has 2 aromatic heterocycles. The summed E-state index contributed by atoms with van der Waals surface area (Å²) in [4.78, 5) is 15.2. The number of rotatable bonds is 3. The Hall–Kier alpha value is -3.22. The summed E-state index contributed by atoms with van der Waals surface area (Å²) in [6.45, 7) is 0. The molecule has 0 unspecified atom stereocenters. The number of carboxylic acid groups (broad SMARTS) is 1. The van der Waals surface area contributed by atoms with Gasteiger partial charge in [-0.3, -0.25) is 0 Å². The summed E-state index contributed by atoms with van der Waals surface area (Å²) in [5.41, 5.74) is 0.953. The van der Waals surface area contributed by atoms with E-state index in [1.165, 1.54) is 28.9 Å². The molecule has 0 aliphatic heterocycles. The number of aromatic nitrogens is 3. The summed E-state index contributed by atoms with van der Waals surface area (Å²) in [6.07, 6.45) is 5.83. The number of aromatic carboxylic acids is 1. The first-order valence-electron chi connectivity index (χ1n) is 6.29. The predicted molar refractivity (Wildman–Crippen MR) is 76.9 cm³/mol. The van der Waals surface area contributed by atoms with E-state index in [1.807, 2.05) is 0 Å². The third kappa shape index (κ3) is 2.51. The number of halogens is 1. The molecule has 1 aromatic carbocycles. The Morgan fingerprint density at radius 2 is 2.09 bits per heavy atom. The minimum Gasteiger partial charge on any atom is -0.507 e. The summed E-state index contributed by atoms with van der Waals surface area (Å²) >= 11 is 0. The Kier molecular flexibility index (Phi) is 3.30. The van der Waals surface area contributed by atoms with E-state index in [1.54, 1.807) is 18.3 Å². The van der Waals surface area contributed by atoms with Gasteiger partial charge in [0.2, 0.25) is 0 Å². The van der Waals surface area contributed by atoms with Crippen LogP contribution in [0, 0.1) is 5.82 Å². The number of phenolic OH excluding ortho intramolecular Hbond substituents is 1. The van der Waals surface area contributed by atoms with Crippen molar-refractivity contribution in [1.82, 2.24) is 14.6 Å². The van der Waals surface area contributed by atoms with Gasteiger partial charge in [0.1, 0.15) is 17.1 Å². The SMILES string of the molecule is O=C(O)c1cnn2ccc(/C=C/c3cc(F)ccc3O)nc12. The number of aromatic hydroxyl groups is 1. The van der Waals surface area contributed by atoms with E-state index in [-0.39, 0.29) is 17.0 Å². The number of carboxylic acids is 1. The molecule has 0 amide bonds. The van der Waals surface area contributed by atoms with Crippen molar-refractivity contribution in [1.29, 1.82) is 0 Å². The van der Waals surface area contributed by atoms with Gasteiger partial charge in [-0.15, -0.1) is 0 Å². The average Bonchev–Trinajstić information content (AvgIpc) is 2.91. The molecule has 0 fully saturated rings. The Bertz CT molecular complexity index is 902. The van der Waals surface area contributed by atoms with Gasteiger partial charge in [-0.25, -0.2) is 18.7 Å². The Balaban J connectivity index is 2.00. The zero-order chi connectivity index (χ0) is 15.7. The lowest BCUT2D eigenvalue weighted by Gasteiger charge is -1.99. The highest BCUT2D eigenvalue weighted by Gasteiger charge is 2.12. The van der Waals surface area contributed by atoms with Gasteiger partial charge >= 0.3 is 5.97 Å². The summed E-state index contributed by atoms with van der Waals surface area (Å²) in [5.74, 6) is -1.65. The molecule has 0 aliphatic carbocycles. The smallest absolute Gasteiger partial charge is 0.341 e. The highest BCUT2D eigenvalue weighted by atomic mass is 19.1. The normalized spacial score (nSPS) is 11.3. The highest BCUT2D eigenvalue weighted by Crippen LogP contribution is 2.20. The van der Waals surface area contributed by atoms with Gasteiger partial charge in [0.05, 0.1) is 11.9 Å². The average molecular weight is 299 g/mol. The third-order valence-corrected chi connectivity index (χ3v) is 3.04. The maximum atomic E-state index is 13.1. The lowest BCUT2D eigenvalue weighted by Crippen LogP contribution is -1.98. The maximum Gasteiger partial charge on any atom is 0.341 e. The van der Waals surface area contributed by atoms with Crippen LogP contribution in [-0.2, 0) is 0 Å². The number of benzene rings is 1. The fraction of sp³-hybridized carbons (Fsp3) is 0. The van der Waals surface area contributed by atoms with Crippen molar-refractivity contribution >= 4 is 23.8 Å². The summed E-state index contributed by atoms with van der Waals surface area (Å²) in [7, 11) is 0. The van der Waals surface area contributed by atoms with Crippen LogP contribution in [0.25, 0.3) is 17.8 Å². The van der Waals surface area contributed by atoms with E-state index in [9.17, 15) is 14.3 Å². The van der Waals surface area contributed by atoms with Crippen LogP contribution in [0.2, 0.25) is 0 Å². The van der Waals surface area contributed by atoms with Crippen molar-refractivity contribution in [2.24, 2.45) is 0 Å². The number of hydrogen-bond donors (Lipinski definition) is 2. The molecule has 0 radical (unpaired) electrons. The van der Waals surface area contributed by atoms with Gasteiger partial charge in [0, 0.05) is 11.8 Å². The second kappa shape index (κ2) is 5.28. The van der Waals surface area contributed by atoms with E-state index < -0.39 is 11.8 Å². The Morgan fingerprint density at radius 3 is 2.86 bits per heavy atom. The van der Waals surface area contributed by atoms with Crippen LogP contribution < -0.4 is 0 Å². The third-order valence-electron chi connectivity index (χ3n) is 3.04. The quantitative estimate of drug-likeness (QED) is 0.775. The molecule has 7 heteroatoms. The molecule has 3 aromatic rings. The fourth-order valence-corrected chi connectivity index (χ4v) is 1.96. The van der Waals surface area contributed by atoms with Crippen LogP contribution in [0.15, 0.2) is 36.7 Å². The molecule has 0 aliphatic rings. The van der Waals surface area contributed by atoms with Gasteiger partial charge in [0.15, 0.2) is 5.65 Å². The molecule has 2 heterocycles. The van der Waals surface area contributed by atoms with Gasteiger partial charge < -0.3 is 10.2 Å². The topological polar surface area (TPSA) is 87.7 Å². The minimum atomic E-state index is -1.12. The summed E-state index contributed by atoms with van der Waals surface area (Å²) in [5, 5.41) is 22.6. The second-order valence-electron chi connectivity index (χ2n) is 4.52. The van der Waals surface area contributed by atoms with E-state index >= 15 is 0 Å². The van der Waals surface area contributed by atoms with Gasteiger partial charge in [-0.1, -0.05) is 0 Å². The molecular weight excluding hydrogens is 289 g/mol. The molecule has 2 N–H and O–H groups in total. The van der Waals surface area contributed by atoms with Crippen LogP contribution in [0.5, 0.6) is 5.75 Å². The Labute approximate surface area is 123 Å². The lowest BCUT2D eigenvalue weighted by atomic mass is 10.1. The van der Waals surface area contributed by atoms with E-state index in [2.05, 4.69) is 10.1 Å².